The van der Waals surface area contributed by atoms with Crippen LogP contribution in [0.1, 0.15) is 42.1 Å². The highest BCUT2D eigenvalue weighted by Crippen LogP contribution is 2.38. The Bertz CT molecular complexity index is 909. The number of benzene rings is 2. The molecule has 2 aromatic carbocycles. The van der Waals surface area contributed by atoms with E-state index in [0.29, 0.717) is 24.8 Å². The van der Waals surface area contributed by atoms with Crippen molar-refractivity contribution < 1.29 is 37.7 Å². The van der Waals surface area contributed by atoms with Gasteiger partial charge in [-0.3, -0.25) is 0 Å². The highest BCUT2D eigenvalue weighted by atomic mass is 19.4. The Labute approximate surface area is 189 Å². The fraction of sp³-hybridized carbons (Fsp3) is 0.333. The minimum absolute atomic E-state index is 0.167. The number of halogens is 3. The van der Waals surface area contributed by atoms with E-state index in [4.69, 9.17) is 14.9 Å². The molecule has 2 unspecified atom stereocenters. The molecule has 2 aromatic rings. The predicted octanol–water partition coefficient (Wildman–Crippen LogP) is 4.67. The Hall–Kier alpha value is -3.17. The van der Waals surface area contributed by atoms with Crippen LogP contribution in [0.15, 0.2) is 66.7 Å². The molecule has 0 amide bonds. The molecule has 33 heavy (non-hydrogen) atoms. The maximum absolute atomic E-state index is 13.4. The minimum Gasteiger partial charge on any atom is -0.478 e. The van der Waals surface area contributed by atoms with Gasteiger partial charge in [0.2, 0.25) is 0 Å². The number of carboxylic acid groups (broad SMARTS) is 2. The van der Waals surface area contributed by atoms with Crippen LogP contribution in [0.4, 0.5) is 13.2 Å². The van der Waals surface area contributed by atoms with Crippen molar-refractivity contribution in [2.45, 2.75) is 37.6 Å². The van der Waals surface area contributed by atoms with Crippen LogP contribution in [0.25, 0.3) is 0 Å². The van der Waals surface area contributed by atoms with Gasteiger partial charge in [-0.2, -0.15) is 13.2 Å². The van der Waals surface area contributed by atoms with Crippen molar-refractivity contribution in [1.29, 1.82) is 0 Å². The van der Waals surface area contributed by atoms with Crippen LogP contribution in [0.5, 0.6) is 0 Å². The maximum atomic E-state index is 13.4. The molecule has 9 heteroatoms. The first-order valence-corrected chi connectivity index (χ1v) is 10.4. The molecule has 1 aliphatic heterocycles. The maximum Gasteiger partial charge on any atom is 0.416 e. The van der Waals surface area contributed by atoms with Crippen molar-refractivity contribution in [3.8, 4) is 0 Å². The molecular weight excluding hydrogens is 439 g/mol. The van der Waals surface area contributed by atoms with E-state index in [0.717, 1.165) is 37.4 Å². The predicted molar refractivity (Wildman–Crippen MR) is 116 cm³/mol. The molecule has 0 radical (unpaired) electrons. The van der Waals surface area contributed by atoms with Crippen LogP contribution in [0.2, 0.25) is 0 Å². The van der Waals surface area contributed by atoms with Crippen LogP contribution in [-0.4, -0.2) is 41.3 Å². The fourth-order valence-corrected chi connectivity index (χ4v) is 3.45. The lowest BCUT2D eigenvalue weighted by Gasteiger charge is -2.23. The van der Waals surface area contributed by atoms with E-state index < -0.39 is 29.8 Å². The van der Waals surface area contributed by atoms with Crippen molar-refractivity contribution in [2.24, 2.45) is 0 Å². The van der Waals surface area contributed by atoms with E-state index in [1.54, 1.807) is 6.07 Å². The number of carboxylic acids is 2. The van der Waals surface area contributed by atoms with Crippen molar-refractivity contribution >= 4 is 11.9 Å². The van der Waals surface area contributed by atoms with Crippen LogP contribution >= 0.6 is 0 Å². The van der Waals surface area contributed by atoms with Gasteiger partial charge in [-0.1, -0.05) is 48.5 Å². The summed E-state index contributed by atoms with van der Waals surface area (Å²) in [6.07, 6.45) is -0.967. The van der Waals surface area contributed by atoms with Gasteiger partial charge in [-0.05, 0) is 43.0 Å². The number of alkyl halides is 3. The van der Waals surface area contributed by atoms with Crippen molar-refractivity contribution in [2.75, 3.05) is 13.2 Å². The summed E-state index contributed by atoms with van der Waals surface area (Å²) in [5.41, 5.74) is 0.266. The second kappa shape index (κ2) is 12.8. The number of aliphatic carboxylic acids is 2. The number of hydrogen-bond donors (Lipinski definition) is 3. The van der Waals surface area contributed by atoms with Crippen molar-refractivity contribution in [3.63, 3.8) is 0 Å². The lowest BCUT2D eigenvalue weighted by atomic mass is 9.96. The largest absolute Gasteiger partial charge is 0.478 e. The first-order valence-electron chi connectivity index (χ1n) is 10.4. The zero-order chi connectivity index (χ0) is 24.3. The van der Waals surface area contributed by atoms with E-state index in [2.05, 4.69) is 5.32 Å². The topological polar surface area (TPSA) is 95.9 Å². The number of rotatable bonds is 8. The van der Waals surface area contributed by atoms with Crippen LogP contribution < -0.4 is 5.32 Å². The van der Waals surface area contributed by atoms with Crippen LogP contribution in [-0.2, 0) is 20.5 Å². The molecule has 1 saturated heterocycles. The Morgan fingerprint density at radius 1 is 1.03 bits per heavy atom. The van der Waals surface area contributed by atoms with Gasteiger partial charge in [-0.15, -0.1) is 0 Å². The quantitative estimate of drug-likeness (QED) is 0.491. The third-order valence-electron chi connectivity index (χ3n) is 4.93. The Balaban J connectivity index is 0.000000414. The normalized spacial score (nSPS) is 16.8. The van der Waals surface area contributed by atoms with Crippen molar-refractivity contribution in [1.82, 2.24) is 5.32 Å². The fourth-order valence-electron chi connectivity index (χ4n) is 3.45. The SMILES string of the molecule is FC(F)(F)c1ccccc1C(OCCC1CCCN1)c1ccccc1.O=C(O)/C=C/C(=O)O. The number of ether oxygens (including phenoxy) is 1. The molecule has 0 bridgehead atoms. The van der Waals surface area contributed by atoms with Gasteiger partial charge < -0.3 is 20.3 Å². The van der Waals surface area contributed by atoms with Crippen LogP contribution in [0, 0.1) is 0 Å². The summed E-state index contributed by atoms with van der Waals surface area (Å²) in [5.74, 6) is -2.51. The molecule has 1 aliphatic rings. The van der Waals surface area contributed by atoms with Crippen molar-refractivity contribution in [3.05, 3.63) is 83.4 Å². The zero-order valence-electron chi connectivity index (χ0n) is 17.8. The second-order valence-corrected chi connectivity index (χ2v) is 7.34. The summed E-state index contributed by atoms with van der Waals surface area (Å²) >= 11 is 0. The molecule has 3 N–H and O–H groups in total. The smallest absolute Gasteiger partial charge is 0.416 e. The van der Waals surface area contributed by atoms with E-state index in [1.807, 2.05) is 30.3 Å². The lowest BCUT2D eigenvalue weighted by Crippen LogP contribution is -2.24. The first-order chi connectivity index (χ1) is 15.7. The average molecular weight is 465 g/mol. The average Bonchev–Trinajstić information content (AvgIpc) is 3.29. The molecule has 0 saturated carbocycles. The molecular formula is C24H26F3NO5. The lowest BCUT2D eigenvalue weighted by molar-refractivity contribution is -0.139. The third kappa shape index (κ3) is 9.07. The molecule has 3 rings (SSSR count). The molecule has 178 valence electrons. The molecule has 1 fully saturated rings. The van der Waals surface area contributed by atoms with E-state index in [9.17, 15) is 22.8 Å². The highest BCUT2D eigenvalue weighted by molar-refractivity contribution is 5.89. The summed E-state index contributed by atoms with van der Waals surface area (Å²) in [6, 6.07) is 15.2. The van der Waals surface area contributed by atoms with E-state index >= 15 is 0 Å². The summed E-state index contributed by atoms with van der Waals surface area (Å²) in [6.45, 7) is 1.42. The Morgan fingerprint density at radius 3 is 2.18 bits per heavy atom. The van der Waals surface area contributed by atoms with E-state index in [-0.39, 0.29) is 5.56 Å². The van der Waals surface area contributed by atoms with Gasteiger partial charge >= 0.3 is 18.1 Å². The number of hydrogen-bond acceptors (Lipinski definition) is 4. The van der Waals surface area contributed by atoms with Crippen LogP contribution in [0.3, 0.4) is 0 Å². The molecule has 0 aromatic heterocycles. The van der Waals surface area contributed by atoms with Gasteiger partial charge in [0, 0.05) is 24.8 Å². The molecule has 0 aliphatic carbocycles. The summed E-state index contributed by atoms with van der Waals surface area (Å²) in [4.78, 5) is 19.1. The summed E-state index contributed by atoms with van der Waals surface area (Å²) < 4.78 is 46.3. The third-order valence-corrected chi connectivity index (χ3v) is 4.93. The van der Waals surface area contributed by atoms with Gasteiger partial charge in [0.15, 0.2) is 0 Å². The standard InChI is InChI=1S/C20H22F3NO.C4H4O4/c21-20(22,23)18-11-5-4-10-17(18)19(15-7-2-1-3-8-15)25-14-12-16-9-6-13-24-16;5-3(6)1-2-4(7)8/h1-5,7-8,10-11,16,19,24H,6,9,12-14H2;1-2H,(H,5,6)(H,7,8)/b;2-1+. The number of carbonyl (C=O) groups is 2. The zero-order valence-corrected chi connectivity index (χ0v) is 17.8. The summed E-state index contributed by atoms with van der Waals surface area (Å²) in [5, 5.41) is 19.0. The molecule has 0 spiro atoms. The van der Waals surface area contributed by atoms with Gasteiger partial charge in [0.05, 0.1) is 5.56 Å². The Morgan fingerprint density at radius 2 is 1.64 bits per heavy atom. The number of nitrogens with one attached hydrogen (secondary N) is 1. The minimum atomic E-state index is -4.40. The summed E-state index contributed by atoms with van der Waals surface area (Å²) in [7, 11) is 0. The monoisotopic (exact) mass is 465 g/mol. The first kappa shape index (κ1) is 26.1. The van der Waals surface area contributed by atoms with Gasteiger partial charge in [-0.25, -0.2) is 9.59 Å². The molecule has 2 atom stereocenters. The van der Waals surface area contributed by atoms with Gasteiger partial charge in [0.1, 0.15) is 6.10 Å². The second-order valence-electron chi connectivity index (χ2n) is 7.34. The van der Waals surface area contributed by atoms with E-state index in [1.165, 1.54) is 12.1 Å². The van der Waals surface area contributed by atoms with Gasteiger partial charge in [0.25, 0.3) is 0 Å². The molecule has 1 heterocycles. The highest BCUT2D eigenvalue weighted by Gasteiger charge is 2.35. The Kier molecular flexibility index (Phi) is 10.1. The molecule has 6 nitrogen and oxygen atoms in total.